The number of benzene rings is 1. The van der Waals surface area contributed by atoms with E-state index in [1.165, 1.54) is 0 Å². The molecule has 1 aromatic rings. The van der Waals surface area contributed by atoms with Gasteiger partial charge in [-0.2, -0.15) is 10.5 Å². The highest BCUT2D eigenvalue weighted by atomic mass is 16.5. The number of rotatable bonds is 10. The molecule has 0 spiro atoms. The zero-order valence-electron chi connectivity index (χ0n) is 11.7. The molecule has 4 nitrogen and oxygen atoms in total. The molecule has 0 N–H and O–H groups in total. The minimum absolute atomic E-state index is 0.585. The molecule has 0 fully saturated rings. The summed E-state index contributed by atoms with van der Waals surface area (Å²) in [4.78, 5) is 0. The summed E-state index contributed by atoms with van der Waals surface area (Å²) < 4.78 is 11.1. The van der Waals surface area contributed by atoms with Gasteiger partial charge in [-0.15, -0.1) is 0 Å². The molecule has 106 valence electrons. The van der Waals surface area contributed by atoms with Gasteiger partial charge in [-0.05, 0) is 49.9 Å². The van der Waals surface area contributed by atoms with Gasteiger partial charge in [0.1, 0.15) is 11.5 Å². The van der Waals surface area contributed by atoms with Crippen LogP contribution >= 0.6 is 0 Å². The summed E-state index contributed by atoms with van der Waals surface area (Å²) in [6, 6.07) is 11.8. The van der Waals surface area contributed by atoms with E-state index in [-0.39, 0.29) is 0 Å². The van der Waals surface area contributed by atoms with E-state index in [4.69, 9.17) is 20.0 Å². The number of unbranched alkanes of at least 4 members (excludes halogenated alkanes) is 4. The minimum atomic E-state index is 0.585. The average molecular weight is 272 g/mol. The molecule has 0 aliphatic heterocycles. The lowest BCUT2D eigenvalue weighted by Crippen LogP contribution is -1.98. The highest BCUT2D eigenvalue weighted by Crippen LogP contribution is 2.18. The van der Waals surface area contributed by atoms with Gasteiger partial charge in [0.15, 0.2) is 0 Å². The van der Waals surface area contributed by atoms with Crippen LogP contribution in [-0.2, 0) is 0 Å². The fraction of sp³-hybridized carbons (Fsp3) is 0.500. The minimum Gasteiger partial charge on any atom is -0.494 e. The molecule has 1 aromatic carbocycles. The second-order valence-electron chi connectivity index (χ2n) is 4.40. The Morgan fingerprint density at radius 2 is 1.10 bits per heavy atom. The Labute approximate surface area is 120 Å². The van der Waals surface area contributed by atoms with E-state index in [1.54, 1.807) is 0 Å². The van der Waals surface area contributed by atoms with Gasteiger partial charge in [0.05, 0.1) is 25.4 Å². The molecule has 0 bridgehead atoms. The predicted octanol–water partition coefficient (Wildman–Crippen LogP) is 3.83. The van der Waals surface area contributed by atoms with E-state index in [9.17, 15) is 0 Å². The first kappa shape index (κ1) is 15.9. The normalized spacial score (nSPS) is 9.50. The molecule has 0 radical (unpaired) electrons. The number of nitrogens with zero attached hydrogens (tertiary/aromatic N) is 2. The van der Waals surface area contributed by atoms with Gasteiger partial charge >= 0.3 is 0 Å². The molecule has 0 atom stereocenters. The van der Waals surface area contributed by atoms with Crippen LogP contribution < -0.4 is 9.47 Å². The van der Waals surface area contributed by atoms with Crippen molar-refractivity contribution in [2.75, 3.05) is 13.2 Å². The van der Waals surface area contributed by atoms with Gasteiger partial charge < -0.3 is 9.47 Å². The maximum absolute atomic E-state index is 8.41. The molecule has 0 aliphatic carbocycles. The SMILES string of the molecule is N#CCCCCOc1ccc(OCCCCC#N)cc1. The summed E-state index contributed by atoms with van der Waals surface area (Å²) in [5, 5.41) is 16.8. The summed E-state index contributed by atoms with van der Waals surface area (Å²) in [5.74, 6) is 1.64. The third kappa shape index (κ3) is 7.28. The Kier molecular flexibility index (Phi) is 8.48. The third-order valence-electron chi connectivity index (χ3n) is 2.73. The maximum Gasteiger partial charge on any atom is 0.119 e. The Balaban J connectivity index is 2.16. The first-order chi connectivity index (χ1) is 9.86. The van der Waals surface area contributed by atoms with Crippen LogP contribution in [0.15, 0.2) is 24.3 Å². The van der Waals surface area contributed by atoms with E-state index in [2.05, 4.69) is 12.1 Å². The van der Waals surface area contributed by atoms with Crippen LogP contribution in [0.1, 0.15) is 38.5 Å². The molecule has 4 heteroatoms. The quantitative estimate of drug-likeness (QED) is 0.607. The molecule has 0 saturated carbocycles. The van der Waals surface area contributed by atoms with Crippen LogP contribution in [0.5, 0.6) is 11.5 Å². The monoisotopic (exact) mass is 272 g/mol. The van der Waals surface area contributed by atoms with Gasteiger partial charge in [0.25, 0.3) is 0 Å². The van der Waals surface area contributed by atoms with Gasteiger partial charge in [-0.1, -0.05) is 0 Å². The van der Waals surface area contributed by atoms with Crippen molar-refractivity contribution >= 4 is 0 Å². The van der Waals surface area contributed by atoms with E-state index in [0.717, 1.165) is 37.2 Å². The molecule has 0 saturated heterocycles. The maximum atomic E-state index is 8.41. The van der Waals surface area contributed by atoms with Gasteiger partial charge in [0.2, 0.25) is 0 Å². The molecule has 20 heavy (non-hydrogen) atoms. The van der Waals surface area contributed by atoms with Crippen LogP contribution in [0.3, 0.4) is 0 Å². The van der Waals surface area contributed by atoms with Crippen LogP contribution in [0, 0.1) is 22.7 Å². The van der Waals surface area contributed by atoms with Gasteiger partial charge in [0, 0.05) is 12.8 Å². The molecular weight excluding hydrogens is 252 g/mol. The Morgan fingerprint density at radius 3 is 1.45 bits per heavy atom. The summed E-state index contributed by atoms with van der Waals surface area (Å²) in [6.07, 6.45) is 4.71. The Hall–Kier alpha value is -2.20. The fourth-order valence-electron chi connectivity index (χ4n) is 1.62. The van der Waals surface area contributed by atoms with Crippen LogP contribution in [0.25, 0.3) is 0 Å². The van der Waals surface area contributed by atoms with Crippen molar-refractivity contribution in [3.63, 3.8) is 0 Å². The van der Waals surface area contributed by atoms with E-state index in [0.29, 0.717) is 26.1 Å². The van der Waals surface area contributed by atoms with Crippen molar-refractivity contribution in [2.45, 2.75) is 38.5 Å². The Morgan fingerprint density at radius 1 is 0.700 bits per heavy atom. The summed E-state index contributed by atoms with van der Waals surface area (Å²) in [5.41, 5.74) is 0. The van der Waals surface area contributed by atoms with E-state index >= 15 is 0 Å². The number of ether oxygens (including phenoxy) is 2. The zero-order valence-corrected chi connectivity index (χ0v) is 11.7. The summed E-state index contributed by atoms with van der Waals surface area (Å²) in [7, 11) is 0. The second-order valence-corrected chi connectivity index (χ2v) is 4.40. The first-order valence-electron chi connectivity index (χ1n) is 6.96. The Bertz CT molecular complexity index is 400. The summed E-state index contributed by atoms with van der Waals surface area (Å²) >= 11 is 0. The number of hydrogen-bond donors (Lipinski definition) is 0. The lowest BCUT2D eigenvalue weighted by molar-refractivity contribution is 0.299. The van der Waals surface area contributed by atoms with Crippen molar-refractivity contribution in [3.8, 4) is 23.6 Å². The second kappa shape index (κ2) is 10.7. The molecule has 0 amide bonds. The average Bonchev–Trinajstić information content (AvgIpc) is 2.48. The van der Waals surface area contributed by atoms with Crippen molar-refractivity contribution < 1.29 is 9.47 Å². The van der Waals surface area contributed by atoms with Gasteiger partial charge in [-0.25, -0.2) is 0 Å². The highest BCUT2D eigenvalue weighted by Gasteiger charge is 1.97. The first-order valence-corrected chi connectivity index (χ1v) is 6.96. The number of hydrogen-bond acceptors (Lipinski definition) is 4. The molecule has 0 aliphatic rings. The lowest BCUT2D eigenvalue weighted by Gasteiger charge is -2.08. The van der Waals surface area contributed by atoms with Crippen LogP contribution in [0.4, 0.5) is 0 Å². The molecular formula is C16H20N2O2. The molecule has 1 rings (SSSR count). The third-order valence-corrected chi connectivity index (χ3v) is 2.73. The number of nitriles is 2. The van der Waals surface area contributed by atoms with E-state index < -0.39 is 0 Å². The zero-order chi connectivity index (χ0) is 14.5. The van der Waals surface area contributed by atoms with Crippen molar-refractivity contribution in [3.05, 3.63) is 24.3 Å². The highest BCUT2D eigenvalue weighted by molar-refractivity contribution is 5.31. The molecule has 0 aromatic heterocycles. The fourth-order valence-corrected chi connectivity index (χ4v) is 1.62. The standard InChI is InChI=1S/C16H20N2O2/c17-11-3-1-5-13-19-15-7-9-16(10-8-15)20-14-6-2-4-12-18/h7-10H,1-6,13-14H2. The summed E-state index contributed by atoms with van der Waals surface area (Å²) in [6.45, 7) is 1.27. The van der Waals surface area contributed by atoms with Crippen molar-refractivity contribution in [1.29, 1.82) is 10.5 Å². The van der Waals surface area contributed by atoms with Crippen molar-refractivity contribution in [1.82, 2.24) is 0 Å². The smallest absolute Gasteiger partial charge is 0.119 e. The van der Waals surface area contributed by atoms with Crippen molar-refractivity contribution in [2.24, 2.45) is 0 Å². The van der Waals surface area contributed by atoms with E-state index in [1.807, 2.05) is 24.3 Å². The molecule has 0 heterocycles. The van der Waals surface area contributed by atoms with Gasteiger partial charge in [-0.3, -0.25) is 0 Å². The topological polar surface area (TPSA) is 66.0 Å². The lowest BCUT2D eigenvalue weighted by atomic mass is 10.2. The predicted molar refractivity (Wildman–Crippen MR) is 76.4 cm³/mol. The largest absolute Gasteiger partial charge is 0.494 e. The van der Waals surface area contributed by atoms with Crippen LogP contribution in [0.2, 0.25) is 0 Å². The molecule has 0 unspecified atom stereocenters. The van der Waals surface area contributed by atoms with Crippen LogP contribution in [-0.4, -0.2) is 13.2 Å².